The van der Waals surface area contributed by atoms with E-state index in [1.165, 1.54) is 6.42 Å². The molecule has 0 radical (unpaired) electrons. The average molecular weight is 369 g/mol. The molecule has 0 aromatic rings. The molecule has 2 unspecified atom stereocenters. The lowest BCUT2D eigenvalue weighted by molar-refractivity contribution is 0.144. The van der Waals surface area contributed by atoms with Gasteiger partial charge in [0, 0.05) is 32.3 Å². The lowest BCUT2D eigenvalue weighted by Gasteiger charge is -2.10. The molecule has 1 fully saturated rings. The number of nitrogens with one attached hydrogen (secondary N) is 2. The molecule has 0 aromatic carbocycles. The Morgan fingerprint density at radius 3 is 2.61 bits per heavy atom. The summed E-state index contributed by atoms with van der Waals surface area (Å²) in [4.78, 5) is 4.56. The van der Waals surface area contributed by atoms with E-state index >= 15 is 0 Å². The number of aliphatic imine (C=N–C) groups is 1. The molecule has 0 amide bonds. The summed E-state index contributed by atoms with van der Waals surface area (Å²) in [5.74, 6) is 1.77. The van der Waals surface area contributed by atoms with Crippen molar-refractivity contribution in [3.05, 3.63) is 0 Å². The van der Waals surface area contributed by atoms with Crippen molar-refractivity contribution in [1.82, 2.24) is 10.6 Å². The molecule has 0 saturated heterocycles. The van der Waals surface area contributed by atoms with Gasteiger partial charge in [0.2, 0.25) is 0 Å². The minimum Gasteiger partial charge on any atom is -0.382 e. The number of guanidine groups is 1. The maximum Gasteiger partial charge on any atom is 0.191 e. The fourth-order valence-electron chi connectivity index (χ4n) is 1.67. The normalized spacial score (nSPS) is 22.3. The van der Waals surface area contributed by atoms with Crippen molar-refractivity contribution in [2.45, 2.75) is 46.1 Å². The van der Waals surface area contributed by atoms with Gasteiger partial charge >= 0.3 is 0 Å². The number of halogens is 1. The van der Waals surface area contributed by atoms with E-state index in [4.69, 9.17) is 4.74 Å². The van der Waals surface area contributed by atoms with Crippen molar-refractivity contribution in [3.8, 4) is 0 Å². The number of nitrogens with zero attached hydrogens (tertiary/aromatic N) is 1. The van der Waals surface area contributed by atoms with Crippen molar-refractivity contribution in [1.29, 1.82) is 0 Å². The van der Waals surface area contributed by atoms with Crippen LogP contribution in [0, 0.1) is 5.92 Å². The maximum atomic E-state index is 5.30. The van der Waals surface area contributed by atoms with Gasteiger partial charge in [-0.2, -0.15) is 0 Å². The zero-order valence-corrected chi connectivity index (χ0v) is 14.2. The topological polar surface area (TPSA) is 45.7 Å². The van der Waals surface area contributed by atoms with Gasteiger partial charge in [-0.1, -0.05) is 6.92 Å². The van der Waals surface area contributed by atoms with Crippen LogP contribution in [-0.4, -0.2) is 38.3 Å². The monoisotopic (exact) mass is 369 g/mol. The van der Waals surface area contributed by atoms with E-state index in [1.807, 2.05) is 6.92 Å². The molecule has 0 bridgehead atoms. The van der Waals surface area contributed by atoms with Crippen LogP contribution in [0.15, 0.2) is 4.99 Å². The van der Waals surface area contributed by atoms with E-state index in [0.29, 0.717) is 6.04 Å². The second kappa shape index (κ2) is 10.8. The summed E-state index contributed by atoms with van der Waals surface area (Å²) >= 11 is 0. The molecular formula is C13H28IN3O. The van der Waals surface area contributed by atoms with Crippen LogP contribution in [0.4, 0.5) is 0 Å². The van der Waals surface area contributed by atoms with Gasteiger partial charge in [-0.05, 0) is 39.0 Å². The average Bonchev–Trinajstić information content (AvgIpc) is 2.99. The summed E-state index contributed by atoms with van der Waals surface area (Å²) in [6, 6.07) is 0.635. The standard InChI is InChI=1S/C13H27N3O.HI/c1-4-14-13(16-12-10-11(12)3)15-8-6-7-9-17-5-2;/h11-12H,4-10H2,1-3H3,(H2,14,15,16);1H. The zero-order chi connectivity index (χ0) is 12.5. The lowest BCUT2D eigenvalue weighted by Crippen LogP contribution is -2.39. The minimum atomic E-state index is 0. The zero-order valence-electron chi connectivity index (χ0n) is 11.9. The molecule has 0 heterocycles. The molecule has 1 aliphatic rings. The summed E-state index contributed by atoms with van der Waals surface area (Å²) < 4.78 is 5.30. The second-order valence-electron chi connectivity index (χ2n) is 4.63. The first kappa shape index (κ1) is 18.0. The third-order valence-corrected chi connectivity index (χ3v) is 2.95. The summed E-state index contributed by atoms with van der Waals surface area (Å²) in [6.07, 6.45) is 3.46. The Morgan fingerprint density at radius 1 is 1.33 bits per heavy atom. The number of unbranched alkanes of at least 4 members (excludes halogenated alkanes) is 1. The molecule has 0 aromatic heterocycles. The molecule has 18 heavy (non-hydrogen) atoms. The van der Waals surface area contributed by atoms with Crippen LogP contribution in [0.1, 0.15) is 40.0 Å². The fourth-order valence-corrected chi connectivity index (χ4v) is 1.67. The predicted octanol–water partition coefficient (Wildman–Crippen LogP) is 2.38. The van der Waals surface area contributed by atoms with Gasteiger partial charge in [-0.15, -0.1) is 24.0 Å². The van der Waals surface area contributed by atoms with E-state index < -0.39 is 0 Å². The van der Waals surface area contributed by atoms with Gasteiger partial charge in [0.25, 0.3) is 0 Å². The van der Waals surface area contributed by atoms with Crippen LogP contribution in [0.2, 0.25) is 0 Å². The van der Waals surface area contributed by atoms with Gasteiger partial charge in [0.1, 0.15) is 0 Å². The Labute approximate surface area is 128 Å². The van der Waals surface area contributed by atoms with Gasteiger partial charge in [0.15, 0.2) is 5.96 Å². The number of hydrogen-bond acceptors (Lipinski definition) is 2. The summed E-state index contributed by atoms with van der Waals surface area (Å²) in [5, 5.41) is 6.74. The summed E-state index contributed by atoms with van der Waals surface area (Å²) in [5.41, 5.74) is 0. The quantitative estimate of drug-likeness (QED) is 0.299. The SMILES string of the molecule is CCNC(=NCCCCOCC)NC1CC1C.I. The van der Waals surface area contributed by atoms with E-state index in [1.54, 1.807) is 0 Å². The Morgan fingerprint density at radius 2 is 2.06 bits per heavy atom. The first-order chi connectivity index (χ1) is 8.27. The van der Waals surface area contributed by atoms with Crippen LogP contribution < -0.4 is 10.6 Å². The minimum absolute atomic E-state index is 0. The smallest absolute Gasteiger partial charge is 0.191 e. The highest BCUT2D eigenvalue weighted by molar-refractivity contribution is 14.0. The molecule has 1 aliphatic carbocycles. The van der Waals surface area contributed by atoms with Crippen LogP contribution in [-0.2, 0) is 4.74 Å². The van der Waals surface area contributed by atoms with Gasteiger partial charge in [-0.25, -0.2) is 0 Å². The van der Waals surface area contributed by atoms with Crippen molar-refractivity contribution < 1.29 is 4.74 Å². The van der Waals surface area contributed by atoms with E-state index in [9.17, 15) is 0 Å². The van der Waals surface area contributed by atoms with Crippen LogP contribution >= 0.6 is 24.0 Å². The van der Waals surface area contributed by atoms with Crippen molar-refractivity contribution in [2.75, 3.05) is 26.3 Å². The molecule has 2 atom stereocenters. The van der Waals surface area contributed by atoms with E-state index in [-0.39, 0.29) is 24.0 Å². The van der Waals surface area contributed by atoms with Crippen molar-refractivity contribution in [2.24, 2.45) is 10.9 Å². The molecule has 0 aliphatic heterocycles. The molecule has 1 saturated carbocycles. The molecule has 5 heteroatoms. The third kappa shape index (κ3) is 8.13. The summed E-state index contributed by atoms with van der Waals surface area (Å²) in [6.45, 7) is 9.87. The highest BCUT2D eigenvalue weighted by atomic mass is 127. The van der Waals surface area contributed by atoms with Crippen LogP contribution in [0.5, 0.6) is 0 Å². The number of rotatable bonds is 8. The first-order valence-electron chi connectivity index (χ1n) is 6.90. The Bertz CT molecular complexity index is 236. The number of hydrogen-bond donors (Lipinski definition) is 2. The molecule has 0 spiro atoms. The Kier molecular flexibility index (Phi) is 10.8. The summed E-state index contributed by atoms with van der Waals surface area (Å²) in [7, 11) is 0. The van der Waals surface area contributed by atoms with Gasteiger partial charge in [-0.3, -0.25) is 4.99 Å². The molecular weight excluding hydrogens is 341 g/mol. The lowest BCUT2D eigenvalue weighted by atomic mass is 10.3. The highest BCUT2D eigenvalue weighted by Crippen LogP contribution is 2.28. The highest BCUT2D eigenvalue weighted by Gasteiger charge is 2.33. The Hall–Kier alpha value is -0.0400. The molecule has 1 rings (SSSR count). The Balaban J connectivity index is 0.00000289. The molecule has 108 valence electrons. The second-order valence-corrected chi connectivity index (χ2v) is 4.63. The number of ether oxygens (including phenoxy) is 1. The first-order valence-corrected chi connectivity index (χ1v) is 6.90. The van der Waals surface area contributed by atoms with Gasteiger partial charge in [0.05, 0.1) is 0 Å². The van der Waals surface area contributed by atoms with Crippen molar-refractivity contribution in [3.63, 3.8) is 0 Å². The largest absolute Gasteiger partial charge is 0.382 e. The maximum absolute atomic E-state index is 5.30. The van der Waals surface area contributed by atoms with E-state index in [2.05, 4.69) is 29.5 Å². The molecule has 4 nitrogen and oxygen atoms in total. The van der Waals surface area contributed by atoms with Crippen LogP contribution in [0.3, 0.4) is 0 Å². The van der Waals surface area contributed by atoms with Crippen molar-refractivity contribution >= 4 is 29.9 Å². The van der Waals surface area contributed by atoms with E-state index in [0.717, 1.165) is 51.0 Å². The third-order valence-electron chi connectivity index (χ3n) is 2.95. The molecule has 2 N–H and O–H groups in total. The fraction of sp³-hybridized carbons (Fsp3) is 0.923. The van der Waals surface area contributed by atoms with Crippen LogP contribution in [0.25, 0.3) is 0 Å². The van der Waals surface area contributed by atoms with Gasteiger partial charge < -0.3 is 15.4 Å². The predicted molar refractivity (Wildman–Crippen MR) is 87.8 cm³/mol.